The molecule has 0 radical (unpaired) electrons. The van der Waals surface area contributed by atoms with E-state index in [-0.39, 0.29) is 17.4 Å². The van der Waals surface area contributed by atoms with Crippen molar-refractivity contribution in [3.63, 3.8) is 0 Å². The normalized spacial score (nSPS) is 18.9. The Morgan fingerprint density at radius 1 is 1.43 bits per heavy atom. The van der Waals surface area contributed by atoms with E-state index >= 15 is 0 Å². The van der Waals surface area contributed by atoms with Crippen molar-refractivity contribution < 1.29 is 9.53 Å². The number of benzene rings is 1. The third-order valence-electron chi connectivity index (χ3n) is 4.16. The molecule has 0 spiro atoms. The number of likely N-dealkylation sites (tertiary alicyclic amines) is 1. The predicted molar refractivity (Wildman–Crippen MR) is 87.0 cm³/mol. The fourth-order valence-electron chi connectivity index (χ4n) is 3.07. The molecular formula is C17H21N3O3. The molecule has 6 heteroatoms. The Bertz CT molecular complexity index is 756. The van der Waals surface area contributed by atoms with Gasteiger partial charge in [0.25, 0.3) is 5.56 Å². The van der Waals surface area contributed by atoms with Gasteiger partial charge in [-0.2, -0.15) is 0 Å². The minimum atomic E-state index is -0.128. The van der Waals surface area contributed by atoms with Gasteiger partial charge in [-0.05, 0) is 38.4 Å². The van der Waals surface area contributed by atoms with Gasteiger partial charge >= 0.3 is 5.97 Å². The third kappa shape index (κ3) is 3.59. The molecule has 0 saturated carbocycles. The number of nitrogens with one attached hydrogen (secondary N) is 1. The number of ether oxygens (including phenoxy) is 1. The van der Waals surface area contributed by atoms with Gasteiger partial charge in [-0.1, -0.05) is 12.1 Å². The third-order valence-corrected chi connectivity index (χ3v) is 4.16. The van der Waals surface area contributed by atoms with Crippen LogP contribution in [0.1, 0.15) is 25.6 Å². The molecule has 0 bridgehead atoms. The molecule has 1 aliphatic rings. The molecule has 1 N–H and O–H groups in total. The summed E-state index contributed by atoms with van der Waals surface area (Å²) >= 11 is 0. The van der Waals surface area contributed by atoms with E-state index in [1.165, 1.54) is 0 Å². The Labute approximate surface area is 134 Å². The fraction of sp³-hybridized carbons (Fsp3) is 0.471. The summed E-state index contributed by atoms with van der Waals surface area (Å²) < 4.78 is 5.12. The predicted octanol–water partition coefficient (Wildman–Crippen LogP) is 1.70. The number of H-pyrrole nitrogens is 1. The van der Waals surface area contributed by atoms with Gasteiger partial charge < -0.3 is 9.72 Å². The van der Waals surface area contributed by atoms with Crippen LogP contribution in [0.5, 0.6) is 0 Å². The highest BCUT2D eigenvalue weighted by Crippen LogP contribution is 2.19. The summed E-state index contributed by atoms with van der Waals surface area (Å²) in [4.78, 5) is 33.5. The topological polar surface area (TPSA) is 75.3 Å². The highest BCUT2D eigenvalue weighted by atomic mass is 16.5. The molecular weight excluding hydrogens is 294 g/mol. The minimum Gasteiger partial charge on any atom is -0.466 e. The van der Waals surface area contributed by atoms with Crippen LogP contribution in [0, 0.1) is 5.92 Å². The van der Waals surface area contributed by atoms with Crippen LogP contribution in [0.15, 0.2) is 29.1 Å². The number of aromatic nitrogens is 2. The molecule has 2 heterocycles. The number of hydrogen-bond donors (Lipinski definition) is 1. The first kappa shape index (κ1) is 15.7. The number of esters is 1. The van der Waals surface area contributed by atoms with Gasteiger partial charge in [0, 0.05) is 6.54 Å². The maximum absolute atomic E-state index is 12.1. The van der Waals surface area contributed by atoms with E-state index in [1.807, 2.05) is 25.1 Å². The number of aromatic amines is 1. The van der Waals surface area contributed by atoms with E-state index < -0.39 is 0 Å². The van der Waals surface area contributed by atoms with Crippen LogP contribution >= 0.6 is 0 Å². The summed E-state index contributed by atoms with van der Waals surface area (Å²) in [6.07, 6.45) is 1.80. The molecule has 1 fully saturated rings. The summed E-state index contributed by atoms with van der Waals surface area (Å²) in [5, 5.41) is 0.597. The Balaban J connectivity index is 1.74. The van der Waals surface area contributed by atoms with Crippen molar-refractivity contribution in [3.8, 4) is 0 Å². The van der Waals surface area contributed by atoms with Gasteiger partial charge in [0.1, 0.15) is 5.82 Å². The second kappa shape index (κ2) is 6.91. The van der Waals surface area contributed by atoms with E-state index in [0.29, 0.717) is 36.4 Å². The van der Waals surface area contributed by atoms with E-state index in [0.717, 1.165) is 19.4 Å². The van der Waals surface area contributed by atoms with Crippen molar-refractivity contribution in [2.24, 2.45) is 5.92 Å². The van der Waals surface area contributed by atoms with Crippen LogP contribution in [0.2, 0.25) is 0 Å². The SMILES string of the molecule is CCOC(=O)[C@H]1CCCN(Cc2nc3ccccc3c(=O)[nH]2)C1. The minimum absolute atomic E-state index is 0.0871. The van der Waals surface area contributed by atoms with Crippen molar-refractivity contribution in [1.82, 2.24) is 14.9 Å². The van der Waals surface area contributed by atoms with E-state index in [1.54, 1.807) is 6.07 Å². The van der Waals surface area contributed by atoms with Crippen LogP contribution < -0.4 is 5.56 Å². The summed E-state index contributed by atoms with van der Waals surface area (Å²) in [6, 6.07) is 7.30. The summed E-state index contributed by atoms with van der Waals surface area (Å²) in [7, 11) is 0. The zero-order valence-corrected chi connectivity index (χ0v) is 13.2. The molecule has 2 aromatic rings. The lowest BCUT2D eigenvalue weighted by molar-refractivity contribution is -0.150. The van der Waals surface area contributed by atoms with Crippen molar-refractivity contribution in [1.29, 1.82) is 0 Å². The molecule has 1 aromatic carbocycles. The molecule has 1 aliphatic heterocycles. The standard InChI is InChI=1S/C17H21N3O3/c1-2-23-17(22)12-6-5-9-20(10-12)11-15-18-14-8-4-3-7-13(14)16(21)19-15/h3-4,7-8,12H,2,5-6,9-11H2,1H3,(H,18,19,21)/t12-/m0/s1. The largest absolute Gasteiger partial charge is 0.466 e. The van der Waals surface area contributed by atoms with E-state index in [2.05, 4.69) is 14.9 Å². The van der Waals surface area contributed by atoms with E-state index in [9.17, 15) is 9.59 Å². The highest BCUT2D eigenvalue weighted by molar-refractivity contribution is 5.77. The average molecular weight is 315 g/mol. The molecule has 0 amide bonds. The van der Waals surface area contributed by atoms with Crippen LogP contribution in [-0.4, -0.2) is 40.5 Å². The van der Waals surface area contributed by atoms with Gasteiger partial charge in [-0.25, -0.2) is 4.98 Å². The number of carbonyl (C=O) groups is 1. The Kier molecular flexibility index (Phi) is 4.71. The molecule has 1 saturated heterocycles. The second-order valence-corrected chi connectivity index (χ2v) is 5.86. The molecule has 6 nitrogen and oxygen atoms in total. The maximum atomic E-state index is 12.1. The molecule has 23 heavy (non-hydrogen) atoms. The van der Waals surface area contributed by atoms with Crippen molar-refractivity contribution in [2.45, 2.75) is 26.3 Å². The van der Waals surface area contributed by atoms with Gasteiger partial charge in [-0.15, -0.1) is 0 Å². The quantitative estimate of drug-likeness (QED) is 0.869. The van der Waals surface area contributed by atoms with Gasteiger partial charge in [-0.3, -0.25) is 14.5 Å². The Morgan fingerprint density at radius 3 is 3.09 bits per heavy atom. The first-order chi connectivity index (χ1) is 11.2. The average Bonchev–Trinajstić information content (AvgIpc) is 2.55. The molecule has 122 valence electrons. The number of rotatable bonds is 4. The molecule has 1 aromatic heterocycles. The zero-order valence-electron chi connectivity index (χ0n) is 13.2. The summed E-state index contributed by atoms with van der Waals surface area (Å²) in [5.41, 5.74) is 0.578. The number of fused-ring (bicyclic) bond motifs is 1. The second-order valence-electron chi connectivity index (χ2n) is 5.86. The number of hydrogen-bond acceptors (Lipinski definition) is 5. The van der Waals surface area contributed by atoms with E-state index in [4.69, 9.17) is 4.74 Å². The molecule has 0 aliphatic carbocycles. The van der Waals surface area contributed by atoms with Crippen LogP contribution in [0.3, 0.4) is 0 Å². The highest BCUT2D eigenvalue weighted by Gasteiger charge is 2.27. The molecule has 0 unspecified atom stereocenters. The smallest absolute Gasteiger partial charge is 0.310 e. The van der Waals surface area contributed by atoms with Gasteiger partial charge in [0.2, 0.25) is 0 Å². The number of nitrogens with zero attached hydrogens (tertiary/aromatic N) is 2. The lowest BCUT2D eigenvalue weighted by Crippen LogP contribution is -2.39. The van der Waals surface area contributed by atoms with Gasteiger partial charge in [0.15, 0.2) is 0 Å². The maximum Gasteiger partial charge on any atom is 0.310 e. The Hall–Kier alpha value is -2.21. The molecule has 3 rings (SSSR count). The van der Waals surface area contributed by atoms with Crippen LogP contribution in [-0.2, 0) is 16.1 Å². The van der Waals surface area contributed by atoms with Crippen LogP contribution in [0.4, 0.5) is 0 Å². The molecule has 1 atom stereocenters. The first-order valence-electron chi connectivity index (χ1n) is 8.04. The summed E-state index contributed by atoms with van der Waals surface area (Å²) in [6.45, 7) is 4.31. The van der Waals surface area contributed by atoms with Crippen molar-refractivity contribution >= 4 is 16.9 Å². The van der Waals surface area contributed by atoms with Crippen LogP contribution in [0.25, 0.3) is 10.9 Å². The lowest BCUT2D eigenvalue weighted by atomic mass is 9.98. The van der Waals surface area contributed by atoms with Gasteiger partial charge in [0.05, 0.1) is 30.0 Å². The number of para-hydroxylation sites is 1. The first-order valence-corrected chi connectivity index (χ1v) is 8.04. The number of carbonyl (C=O) groups excluding carboxylic acids is 1. The number of piperidine rings is 1. The fourth-order valence-corrected chi connectivity index (χ4v) is 3.07. The van der Waals surface area contributed by atoms with Crippen molar-refractivity contribution in [2.75, 3.05) is 19.7 Å². The van der Waals surface area contributed by atoms with Crippen molar-refractivity contribution in [3.05, 3.63) is 40.4 Å². The Morgan fingerprint density at radius 2 is 2.26 bits per heavy atom. The summed E-state index contributed by atoms with van der Waals surface area (Å²) in [5.74, 6) is 0.422. The monoisotopic (exact) mass is 315 g/mol. The lowest BCUT2D eigenvalue weighted by Gasteiger charge is -2.30. The zero-order chi connectivity index (χ0) is 16.2.